The van der Waals surface area contributed by atoms with Gasteiger partial charge in [-0.15, -0.1) is 0 Å². The Balaban J connectivity index is 1.86. The Morgan fingerprint density at radius 1 is 0.917 bits per heavy atom. The summed E-state index contributed by atoms with van der Waals surface area (Å²) in [7, 11) is -0.656. The first-order valence-electron chi connectivity index (χ1n) is 8.11. The zero-order valence-electron chi connectivity index (χ0n) is 14.5. The molecule has 0 aromatic heterocycles. The number of ether oxygens (including phenoxy) is 1. The highest BCUT2D eigenvalue weighted by molar-refractivity contribution is 6.63. The van der Waals surface area contributed by atoms with Gasteiger partial charge in [0.1, 0.15) is 6.61 Å². The van der Waals surface area contributed by atoms with Gasteiger partial charge in [-0.3, -0.25) is 0 Å². The molecule has 126 valence electrons. The van der Waals surface area contributed by atoms with Crippen molar-refractivity contribution in [2.24, 2.45) is 0 Å². The molecule has 1 aliphatic heterocycles. The van der Waals surface area contributed by atoms with E-state index in [1.165, 1.54) is 6.07 Å². The molecule has 5 heteroatoms. The predicted molar refractivity (Wildman–Crippen MR) is 92.9 cm³/mol. The van der Waals surface area contributed by atoms with E-state index >= 15 is 0 Å². The van der Waals surface area contributed by atoms with Crippen molar-refractivity contribution in [1.82, 2.24) is 0 Å². The van der Waals surface area contributed by atoms with Crippen LogP contribution in [0.1, 0.15) is 33.3 Å². The Morgan fingerprint density at radius 3 is 2.17 bits per heavy atom. The first-order chi connectivity index (χ1) is 11.3. The van der Waals surface area contributed by atoms with Gasteiger partial charge in [0.25, 0.3) is 0 Å². The van der Waals surface area contributed by atoms with E-state index < -0.39 is 24.1 Å². The maximum absolute atomic E-state index is 14.4. The lowest BCUT2D eigenvalue weighted by Gasteiger charge is -2.32. The maximum atomic E-state index is 14.4. The second kappa shape index (κ2) is 6.23. The van der Waals surface area contributed by atoms with Crippen molar-refractivity contribution < 1.29 is 18.4 Å². The van der Waals surface area contributed by atoms with Gasteiger partial charge in [-0.2, -0.15) is 0 Å². The minimum absolute atomic E-state index is 0.180. The zero-order chi connectivity index (χ0) is 17.4. The van der Waals surface area contributed by atoms with Gasteiger partial charge in [0, 0.05) is 5.46 Å². The molecule has 0 amide bonds. The molecule has 0 spiro atoms. The predicted octanol–water partition coefficient (Wildman–Crippen LogP) is 3.70. The molecule has 2 aromatic carbocycles. The first-order valence-corrected chi connectivity index (χ1v) is 8.11. The van der Waals surface area contributed by atoms with E-state index in [2.05, 4.69) is 0 Å². The van der Waals surface area contributed by atoms with Crippen LogP contribution in [0, 0.1) is 5.82 Å². The topological polar surface area (TPSA) is 27.7 Å². The van der Waals surface area contributed by atoms with Gasteiger partial charge in [0.05, 0.1) is 11.2 Å². The summed E-state index contributed by atoms with van der Waals surface area (Å²) in [6, 6.07) is 14.5. The zero-order valence-corrected chi connectivity index (χ0v) is 14.5. The molecule has 0 N–H and O–H groups in total. The highest BCUT2D eigenvalue weighted by Gasteiger charge is 2.52. The molecule has 0 bridgehead atoms. The van der Waals surface area contributed by atoms with E-state index in [0.29, 0.717) is 5.46 Å². The highest BCUT2D eigenvalue weighted by atomic mass is 19.1. The van der Waals surface area contributed by atoms with Gasteiger partial charge in [0.15, 0.2) is 11.6 Å². The molecule has 2 aromatic rings. The van der Waals surface area contributed by atoms with Crippen LogP contribution in [0.15, 0.2) is 48.5 Å². The van der Waals surface area contributed by atoms with Gasteiger partial charge >= 0.3 is 7.12 Å². The molecule has 0 saturated carbocycles. The summed E-state index contributed by atoms with van der Waals surface area (Å²) in [4.78, 5) is 0. The minimum Gasteiger partial charge on any atom is -0.486 e. The lowest BCUT2D eigenvalue weighted by atomic mass is 9.78. The fourth-order valence-corrected chi connectivity index (χ4v) is 2.56. The van der Waals surface area contributed by atoms with Gasteiger partial charge in [-0.25, -0.2) is 4.39 Å². The maximum Gasteiger partial charge on any atom is 0.498 e. The van der Waals surface area contributed by atoms with Gasteiger partial charge < -0.3 is 14.0 Å². The van der Waals surface area contributed by atoms with E-state index in [4.69, 9.17) is 14.0 Å². The molecular weight excluding hydrogens is 306 g/mol. The number of rotatable bonds is 4. The summed E-state index contributed by atoms with van der Waals surface area (Å²) in [5, 5.41) is 0. The molecule has 3 nitrogen and oxygen atoms in total. The van der Waals surface area contributed by atoms with E-state index in [-0.39, 0.29) is 12.4 Å². The lowest BCUT2D eigenvalue weighted by Crippen LogP contribution is -2.41. The van der Waals surface area contributed by atoms with Crippen molar-refractivity contribution in [3.05, 3.63) is 59.9 Å². The molecule has 1 fully saturated rings. The van der Waals surface area contributed by atoms with Crippen LogP contribution < -0.4 is 10.2 Å². The summed E-state index contributed by atoms with van der Waals surface area (Å²) < 4.78 is 32.2. The molecule has 24 heavy (non-hydrogen) atoms. The lowest BCUT2D eigenvalue weighted by molar-refractivity contribution is 0.00578. The molecule has 0 unspecified atom stereocenters. The monoisotopic (exact) mass is 328 g/mol. The molecule has 3 rings (SSSR count). The summed E-state index contributed by atoms with van der Waals surface area (Å²) in [6.07, 6.45) is 0. The third-order valence-electron chi connectivity index (χ3n) is 4.73. The molecule has 1 heterocycles. The van der Waals surface area contributed by atoms with E-state index in [1.807, 2.05) is 58.0 Å². The highest BCUT2D eigenvalue weighted by Crippen LogP contribution is 2.37. The summed E-state index contributed by atoms with van der Waals surface area (Å²) in [6.45, 7) is 8.16. The summed E-state index contributed by atoms with van der Waals surface area (Å²) >= 11 is 0. The van der Waals surface area contributed by atoms with E-state index in [1.54, 1.807) is 12.1 Å². The van der Waals surface area contributed by atoms with Crippen molar-refractivity contribution >= 4 is 12.6 Å². The Morgan fingerprint density at radius 2 is 1.54 bits per heavy atom. The standard InChI is InChI=1S/C19H22BFO3/c1-18(2)19(3,4)24-20(23-18)15-11-8-12-16(21)17(15)22-13-14-9-6-5-7-10-14/h5-12H,13H2,1-4H3. The molecule has 1 aliphatic rings. The first kappa shape index (κ1) is 17.0. The number of hydrogen-bond acceptors (Lipinski definition) is 3. The smallest absolute Gasteiger partial charge is 0.486 e. The SMILES string of the molecule is CC1(C)OB(c2cccc(F)c2OCc2ccccc2)OC1(C)C. The Kier molecular flexibility index (Phi) is 4.41. The van der Waals surface area contributed by atoms with Crippen molar-refractivity contribution in [1.29, 1.82) is 0 Å². The number of para-hydroxylation sites is 1. The van der Waals surface area contributed by atoms with Crippen LogP contribution in [0.5, 0.6) is 5.75 Å². The molecule has 0 atom stereocenters. The average Bonchev–Trinajstić information content (AvgIpc) is 2.75. The Labute approximate surface area is 142 Å². The summed E-state index contributed by atoms with van der Waals surface area (Å²) in [5.41, 5.74) is 0.576. The third-order valence-corrected chi connectivity index (χ3v) is 4.73. The van der Waals surface area contributed by atoms with Crippen LogP contribution in [0.25, 0.3) is 0 Å². The second-order valence-electron chi connectivity index (χ2n) is 7.02. The molecule has 1 saturated heterocycles. The van der Waals surface area contributed by atoms with E-state index in [0.717, 1.165) is 5.56 Å². The fourth-order valence-electron chi connectivity index (χ4n) is 2.56. The summed E-state index contributed by atoms with van der Waals surface area (Å²) in [5.74, 6) is -0.238. The van der Waals surface area contributed by atoms with Gasteiger partial charge in [-0.1, -0.05) is 42.5 Å². The van der Waals surface area contributed by atoms with Gasteiger partial charge in [0.2, 0.25) is 0 Å². The Hall–Kier alpha value is -1.85. The Bertz CT molecular complexity index is 700. The normalized spacial score (nSPS) is 18.6. The van der Waals surface area contributed by atoms with Crippen molar-refractivity contribution in [2.75, 3.05) is 0 Å². The van der Waals surface area contributed by atoms with Crippen molar-refractivity contribution in [3.8, 4) is 5.75 Å². The minimum atomic E-state index is -0.656. The van der Waals surface area contributed by atoms with Crippen LogP contribution >= 0.6 is 0 Å². The van der Waals surface area contributed by atoms with Gasteiger partial charge in [-0.05, 0) is 39.3 Å². The molecular formula is C19H22BFO3. The average molecular weight is 328 g/mol. The molecule has 0 aliphatic carbocycles. The largest absolute Gasteiger partial charge is 0.498 e. The van der Waals surface area contributed by atoms with Crippen molar-refractivity contribution in [2.45, 2.75) is 45.5 Å². The van der Waals surface area contributed by atoms with E-state index in [9.17, 15) is 4.39 Å². The van der Waals surface area contributed by atoms with Crippen LogP contribution in [0.4, 0.5) is 4.39 Å². The van der Waals surface area contributed by atoms with Crippen LogP contribution in [0.2, 0.25) is 0 Å². The number of benzene rings is 2. The van der Waals surface area contributed by atoms with Crippen LogP contribution in [-0.2, 0) is 15.9 Å². The van der Waals surface area contributed by atoms with Crippen LogP contribution in [-0.4, -0.2) is 18.3 Å². The quantitative estimate of drug-likeness (QED) is 0.801. The number of hydrogen-bond donors (Lipinski definition) is 0. The fraction of sp³-hybridized carbons (Fsp3) is 0.368. The molecule has 0 radical (unpaired) electrons. The van der Waals surface area contributed by atoms with Crippen LogP contribution in [0.3, 0.4) is 0 Å². The third kappa shape index (κ3) is 3.19. The number of halogens is 1. The van der Waals surface area contributed by atoms with Crippen molar-refractivity contribution in [3.63, 3.8) is 0 Å². The second-order valence-corrected chi connectivity index (χ2v) is 7.02.